The summed E-state index contributed by atoms with van der Waals surface area (Å²) in [5, 5.41) is 5.59. The second-order valence-electron chi connectivity index (χ2n) is 2.02. The van der Waals surface area contributed by atoms with Crippen LogP contribution in [0.25, 0.3) is 0 Å². The molecule has 1 aromatic heterocycles. The van der Waals surface area contributed by atoms with Gasteiger partial charge in [0.05, 0.1) is 0 Å². The van der Waals surface area contributed by atoms with Crippen molar-refractivity contribution in [2.24, 2.45) is 0 Å². The maximum absolute atomic E-state index is 11.2. The summed E-state index contributed by atoms with van der Waals surface area (Å²) in [5.74, 6) is 0. The van der Waals surface area contributed by atoms with Gasteiger partial charge < -0.3 is 0 Å². The summed E-state index contributed by atoms with van der Waals surface area (Å²) in [6.45, 7) is 3.60. The van der Waals surface area contributed by atoms with Crippen LogP contribution in [0.1, 0.15) is 0 Å². The van der Waals surface area contributed by atoms with Crippen molar-refractivity contribution in [3.05, 3.63) is 38.1 Å². The van der Waals surface area contributed by atoms with Crippen LogP contribution in [0.2, 0.25) is 0 Å². The molecule has 5 nitrogen and oxygen atoms in total. The normalized spacial score (nSPS) is 9.75. The van der Waals surface area contributed by atoms with Crippen LogP contribution in [0.15, 0.2) is 26.8 Å². The van der Waals surface area contributed by atoms with Crippen LogP contribution in [0.4, 0.5) is 0 Å². The first-order valence-electron chi connectivity index (χ1n) is 3.12. The van der Waals surface area contributed by atoms with Crippen molar-refractivity contribution in [2.45, 2.75) is 6.54 Å². The van der Waals surface area contributed by atoms with E-state index in [1.54, 1.807) is 0 Å². The third-order valence-corrected chi connectivity index (χ3v) is 1.74. The SMILES string of the molecule is C=CCn1c(=O)[nH]nc(Br)c1=O. The van der Waals surface area contributed by atoms with Crippen molar-refractivity contribution < 1.29 is 0 Å². The van der Waals surface area contributed by atoms with Crippen LogP contribution in [0, 0.1) is 0 Å². The fourth-order valence-electron chi connectivity index (χ4n) is 0.704. The van der Waals surface area contributed by atoms with E-state index in [9.17, 15) is 9.59 Å². The van der Waals surface area contributed by atoms with Gasteiger partial charge in [-0.2, -0.15) is 5.10 Å². The second-order valence-corrected chi connectivity index (χ2v) is 2.78. The summed E-state index contributed by atoms with van der Waals surface area (Å²) in [4.78, 5) is 22.1. The molecular formula is C6H6BrN3O2. The molecule has 0 aliphatic carbocycles. The van der Waals surface area contributed by atoms with Crippen molar-refractivity contribution in [2.75, 3.05) is 0 Å². The van der Waals surface area contributed by atoms with E-state index in [2.05, 4.69) is 32.7 Å². The average Bonchev–Trinajstić information content (AvgIpc) is 2.06. The predicted octanol–water partition coefficient (Wildman–Crippen LogP) is -0.120. The summed E-state index contributed by atoms with van der Waals surface area (Å²) in [7, 11) is 0. The van der Waals surface area contributed by atoms with E-state index in [1.165, 1.54) is 6.08 Å². The Morgan fingerprint density at radius 3 is 2.92 bits per heavy atom. The Hall–Kier alpha value is -1.17. The summed E-state index contributed by atoms with van der Waals surface area (Å²) >= 11 is 2.90. The number of nitrogens with zero attached hydrogens (tertiary/aromatic N) is 2. The van der Waals surface area contributed by atoms with E-state index in [1.807, 2.05) is 0 Å². The lowest BCUT2D eigenvalue weighted by Gasteiger charge is -1.97. The summed E-state index contributed by atoms with van der Waals surface area (Å²) in [6, 6.07) is 0. The van der Waals surface area contributed by atoms with Gasteiger partial charge in [-0.25, -0.2) is 9.89 Å². The van der Waals surface area contributed by atoms with E-state index in [-0.39, 0.29) is 11.1 Å². The Balaban J connectivity index is 3.43. The molecule has 1 heterocycles. The summed E-state index contributed by atoms with van der Waals surface area (Å²) < 4.78 is 1.08. The Kier molecular flexibility index (Phi) is 2.59. The molecule has 0 amide bonds. The minimum Gasteiger partial charge on any atom is -0.266 e. The zero-order chi connectivity index (χ0) is 9.14. The molecule has 0 aliphatic rings. The number of nitrogens with one attached hydrogen (secondary N) is 1. The molecule has 1 N–H and O–H groups in total. The Morgan fingerprint density at radius 1 is 1.67 bits per heavy atom. The topological polar surface area (TPSA) is 67.8 Å². The molecule has 1 rings (SSSR count). The quantitative estimate of drug-likeness (QED) is 0.722. The van der Waals surface area contributed by atoms with Crippen molar-refractivity contribution in [1.82, 2.24) is 14.8 Å². The van der Waals surface area contributed by atoms with Crippen LogP contribution < -0.4 is 11.2 Å². The summed E-state index contributed by atoms with van der Waals surface area (Å²) in [5.41, 5.74) is -0.998. The van der Waals surface area contributed by atoms with Gasteiger partial charge in [-0.3, -0.25) is 9.36 Å². The lowest BCUT2D eigenvalue weighted by Crippen LogP contribution is -2.36. The van der Waals surface area contributed by atoms with Gasteiger partial charge in [0, 0.05) is 6.54 Å². The molecule has 0 fully saturated rings. The van der Waals surface area contributed by atoms with E-state index >= 15 is 0 Å². The van der Waals surface area contributed by atoms with Crippen molar-refractivity contribution in [1.29, 1.82) is 0 Å². The second kappa shape index (κ2) is 3.48. The number of aromatic nitrogens is 3. The Bertz CT molecular complexity index is 406. The van der Waals surface area contributed by atoms with Gasteiger partial charge in [-0.1, -0.05) is 6.08 Å². The number of hydrogen-bond acceptors (Lipinski definition) is 3. The highest BCUT2D eigenvalue weighted by Crippen LogP contribution is 1.91. The zero-order valence-corrected chi connectivity index (χ0v) is 7.67. The van der Waals surface area contributed by atoms with Gasteiger partial charge in [0.2, 0.25) is 0 Å². The molecule has 0 saturated heterocycles. The standard InChI is InChI=1S/C6H6BrN3O2/c1-2-3-10-5(11)4(7)8-9-6(10)12/h2H,1,3H2,(H,9,12). The molecule has 6 heteroatoms. The molecule has 0 atom stereocenters. The molecule has 0 aromatic carbocycles. The van der Waals surface area contributed by atoms with Gasteiger partial charge in [0.15, 0.2) is 4.60 Å². The monoisotopic (exact) mass is 231 g/mol. The predicted molar refractivity (Wildman–Crippen MR) is 47.0 cm³/mol. The summed E-state index contributed by atoms with van der Waals surface area (Å²) in [6.07, 6.45) is 1.46. The van der Waals surface area contributed by atoms with E-state index in [0.717, 1.165) is 4.57 Å². The van der Waals surface area contributed by atoms with Gasteiger partial charge in [0.1, 0.15) is 0 Å². The fraction of sp³-hybridized carbons (Fsp3) is 0.167. The average molecular weight is 232 g/mol. The molecule has 0 radical (unpaired) electrons. The van der Waals surface area contributed by atoms with Crippen LogP contribution in [-0.2, 0) is 6.54 Å². The highest BCUT2D eigenvalue weighted by atomic mass is 79.9. The minimum atomic E-state index is -0.539. The lowest BCUT2D eigenvalue weighted by molar-refractivity contribution is 0.670. The molecule has 64 valence electrons. The first kappa shape index (κ1) is 8.92. The number of hydrogen-bond donors (Lipinski definition) is 1. The first-order chi connectivity index (χ1) is 5.66. The van der Waals surface area contributed by atoms with Crippen LogP contribution in [0.3, 0.4) is 0 Å². The molecule has 0 aliphatic heterocycles. The Morgan fingerprint density at radius 2 is 2.33 bits per heavy atom. The molecule has 0 bridgehead atoms. The largest absolute Gasteiger partial charge is 0.345 e. The molecule has 1 aromatic rings. The molecule has 0 saturated carbocycles. The number of aromatic amines is 1. The van der Waals surface area contributed by atoms with Crippen molar-refractivity contribution in [3.63, 3.8) is 0 Å². The number of allylic oxidation sites excluding steroid dienone is 1. The van der Waals surface area contributed by atoms with Gasteiger partial charge in [0.25, 0.3) is 5.56 Å². The first-order valence-corrected chi connectivity index (χ1v) is 3.92. The van der Waals surface area contributed by atoms with Crippen LogP contribution in [-0.4, -0.2) is 14.8 Å². The highest BCUT2D eigenvalue weighted by Gasteiger charge is 2.03. The molecular weight excluding hydrogens is 226 g/mol. The minimum absolute atomic E-state index is 0.0870. The van der Waals surface area contributed by atoms with Crippen LogP contribution >= 0.6 is 15.9 Å². The van der Waals surface area contributed by atoms with E-state index in [0.29, 0.717) is 0 Å². The van der Waals surface area contributed by atoms with Crippen molar-refractivity contribution >= 4 is 15.9 Å². The molecule has 0 spiro atoms. The van der Waals surface area contributed by atoms with Gasteiger partial charge in [-0.05, 0) is 15.9 Å². The third kappa shape index (κ3) is 1.53. The van der Waals surface area contributed by atoms with Gasteiger partial charge in [-0.15, -0.1) is 6.58 Å². The van der Waals surface area contributed by atoms with Gasteiger partial charge >= 0.3 is 5.69 Å². The smallest absolute Gasteiger partial charge is 0.266 e. The number of H-pyrrole nitrogens is 1. The Labute approximate surface area is 75.9 Å². The van der Waals surface area contributed by atoms with E-state index < -0.39 is 11.2 Å². The third-order valence-electron chi connectivity index (χ3n) is 1.23. The van der Waals surface area contributed by atoms with Crippen molar-refractivity contribution in [3.8, 4) is 0 Å². The maximum Gasteiger partial charge on any atom is 0.345 e. The van der Waals surface area contributed by atoms with Crippen LogP contribution in [0.5, 0.6) is 0 Å². The highest BCUT2D eigenvalue weighted by molar-refractivity contribution is 9.10. The van der Waals surface area contributed by atoms with E-state index in [4.69, 9.17) is 0 Å². The molecule has 12 heavy (non-hydrogen) atoms. The number of rotatable bonds is 2. The molecule has 0 unspecified atom stereocenters. The number of halogens is 1. The fourth-order valence-corrected chi connectivity index (χ4v) is 1.01. The lowest BCUT2D eigenvalue weighted by atomic mass is 10.6. The zero-order valence-electron chi connectivity index (χ0n) is 6.08. The maximum atomic E-state index is 11.2.